The van der Waals surface area contributed by atoms with E-state index in [-0.39, 0.29) is 6.42 Å². The van der Waals surface area contributed by atoms with Crippen molar-refractivity contribution in [3.63, 3.8) is 0 Å². The van der Waals surface area contributed by atoms with E-state index in [1.807, 2.05) is 0 Å². The van der Waals surface area contributed by atoms with Gasteiger partial charge in [-0.05, 0) is 13.3 Å². The number of carboxylic acids is 1. The Bertz CT molecular complexity index is 532. The number of carboxylic acid groups (broad SMARTS) is 1. The molecule has 26 heavy (non-hydrogen) atoms. The van der Waals surface area contributed by atoms with Crippen molar-refractivity contribution in [1.82, 2.24) is 0 Å². The first-order valence-corrected chi connectivity index (χ1v) is 8.08. The second-order valence-electron chi connectivity index (χ2n) is 6.55. The second-order valence-corrected chi connectivity index (χ2v) is 6.55. The number of aliphatic hydroxyl groups excluding tert-OH is 5. The van der Waals surface area contributed by atoms with Crippen molar-refractivity contribution >= 4 is 11.8 Å². The summed E-state index contributed by atoms with van der Waals surface area (Å²) < 4.78 is 11.0. The molecule has 2 fully saturated rings. The Balaban J connectivity index is 2.07. The molecule has 10 N–H and O–H groups in total. The van der Waals surface area contributed by atoms with Gasteiger partial charge in [-0.1, -0.05) is 0 Å². The molecule has 0 aromatic rings. The third-order valence-electron chi connectivity index (χ3n) is 4.64. The van der Waals surface area contributed by atoms with Crippen LogP contribution in [0.2, 0.25) is 0 Å². The average Bonchev–Trinajstić information content (AvgIpc) is 2.58. The number of hydrogen-bond donors (Lipinski definition) is 8. The highest BCUT2D eigenvalue weighted by Crippen LogP contribution is 2.29. The fourth-order valence-electron chi connectivity index (χ4n) is 3.02. The van der Waals surface area contributed by atoms with Gasteiger partial charge in [-0.15, -0.1) is 0 Å². The number of nitrogens with two attached hydrogens (primary N) is 2. The van der Waals surface area contributed by atoms with Gasteiger partial charge in [0.05, 0.1) is 18.2 Å². The van der Waals surface area contributed by atoms with Crippen LogP contribution >= 0.6 is 0 Å². The Morgan fingerprint density at radius 1 is 1.08 bits per heavy atom. The molecular formula is C14H25N3O9. The van der Waals surface area contributed by atoms with E-state index < -0.39 is 72.9 Å². The van der Waals surface area contributed by atoms with E-state index in [9.17, 15) is 30.3 Å². The van der Waals surface area contributed by atoms with Crippen LogP contribution in [0.15, 0.2) is 4.99 Å². The summed E-state index contributed by atoms with van der Waals surface area (Å²) in [6, 6.07) is -1.46. The van der Waals surface area contributed by atoms with Gasteiger partial charge < -0.3 is 51.6 Å². The number of ether oxygens (including phenoxy) is 2. The Hall–Kier alpha value is -1.38. The van der Waals surface area contributed by atoms with Gasteiger partial charge in [0.15, 0.2) is 6.29 Å². The first kappa shape index (κ1) is 20.9. The van der Waals surface area contributed by atoms with Crippen molar-refractivity contribution in [3.8, 4) is 0 Å². The Morgan fingerprint density at radius 3 is 2.08 bits per heavy atom. The summed E-state index contributed by atoms with van der Waals surface area (Å²) in [4.78, 5) is 14.6. The molecule has 6 unspecified atom stereocenters. The number of carbonyl (C=O) groups is 1. The molecule has 12 nitrogen and oxygen atoms in total. The molecule has 0 radical (unpaired) electrons. The topological polar surface area (TPSA) is 221 Å². The molecule has 12 heteroatoms. The molecule has 150 valence electrons. The van der Waals surface area contributed by atoms with E-state index in [2.05, 4.69) is 4.99 Å². The van der Waals surface area contributed by atoms with Crippen molar-refractivity contribution < 1.29 is 44.9 Å². The minimum Gasteiger partial charge on any atom is -0.475 e. The summed E-state index contributed by atoms with van der Waals surface area (Å²) in [5.74, 6) is -1.96. The van der Waals surface area contributed by atoms with Crippen LogP contribution < -0.4 is 11.5 Å². The van der Waals surface area contributed by atoms with E-state index in [4.69, 9.17) is 26.0 Å². The maximum atomic E-state index is 10.8. The molecule has 1 aliphatic heterocycles. The molecule has 0 aromatic carbocycles. The van der Waals surface area contributed by atoms with Gasteiger partial charge in [-0.2, -0.15) is 0 Å². The highest BCUT2D eigenvalue weighted by Gasteiger charge is 2.50. The fourth-order valence-corrected chi connectivity index (χ4v) is 3.02. The lowest BCUT2D eigenvalue weighted by molar-refractivity contribution is -0.293. The van der Waals surface area contributed by atoms with E-state index in [0.29, 0.717) is 0 Å². The largest absolute Gasteiger partial charge is 0.475 e. The smallest absolute Gasteiger partial charge is 0.370 e. The highest BCUT2D eigenvalue weighted by molar-refractivity contribution is 6.33. The van der Waals surface area contributed by atoms with Gasteiger partial charge >= 0.3 is 5.97 Å². The lowest BCUT2D eigenvalue weighted by Crippen LogP contribution is -2.66. The van der Waals surface area contributed by atoms with Gasteiger partial charge in [0, 0.05) is 0 Å². The number of aliphatic imine (C=N–C) groups is 1. The summed E-state index contributed by atoms with van der Waals surface area (Å²) in [5, 5.41) is 57.8. The molecule has 10 atom stereocenters. The van der Waals surface area contributed by atoms with Gasteiger partial charge in [-0.25, -0.2) is 4.79 Å². The predicted octanol–water partition coefficient (Wildman–Crippen LogP) is -4.54. The van der Waals surface area contributed by atoms with Gasteiger partial charge in [0.1, 0.15) is 36.6 Å². The van der Waals surface area contributed by atoms with E-state index in [1.165, 1.54) is 0 Å². The zero-order valence-electron chi connectivity index (χ0n) is 14.0. The number of aliphatic carboxylic acids is 1. The number of aliphatic hydroxyl groups is 5. The van der Waals surface area contributed by atoms with Crippen molar-refractivity contribution in [3.05, 3.63) is 0 Å². The first-order chi connectivity index (χ1) is 12.0. The summed E-state index contributed by atoms with van der Waals surface area (Å²) in [5.41, 5.74) is 11.2. The van der Waals surface area contributed by atoms with Gasteiger partial charge in [0.2, 0.25) is 5.84 Å². The lowest BCUT2D eigenvalue weighted by atomic mass is 9.84. The maximum Gasteiger partial charge on any atom is 0.370 e. The summed E-state index contributed by atoms with van der Waals surface area (Å²) in [6.45, 7) is 1.59. The molecule has 0 bridgehead atoms. The third-order valence-corrected chi connectivity index (χ3v) is 4.64. The highest BCUT2D eigenvalue weighted by atomic mass is 16.7. The molecule has 1 saturated heterocycles. The Kier molecular flexibility index (Phi) is 6.52. The standard InChI is InChI=1S/C14H25N3O9/c1-3-5(17-12(16)13(23)24)2-4(15)14(25-3)26-11-9(21)7(19)6(18)8(20)10(11)22/h3-11,14,18-22H,2,15H2,1H3,(H2,16,17)(H,23,24)/t3?,4-,5+,6?,7-,8?,9-,10?,11?,14?/m0/s1. The van der Waals surface area contributed by atoms with Crippen LogP contribution in [0.4, 0.5) is 0 Å². The van der Waals surface area contributed by atoms with Crippen LogP contribution in [-0.2, 0) is 14.3 Å². The summed E-state index contributed by atoms with van der Waals surface area (Å²) >= 11 is 0. The van der Waals surface area contributed by atoms with Crippen LogP contribution in [-0.4, -0.2) is 104 Å². The van der Waals surface area contributed by atoms with Crippen LogP contribution in [0, 0.1) is 0 Å². The third kappa shape index (κ3) is 4.13. The fraction of sp³-hybridized carbons (Fsp3) is 0.857. The van der Waals surface area contributed by atoms with E-state index >= 15 is 0 Å². The lowest BCUT2D eigenvalue weighted by Gasteiger charge is -2.45. The van der Waals surface area contributed by atoms with E-state index in [0.717, 1.165) is 0 Å². The predicted molar refractivity (Wildman–Crippen MR) is 84.9 cm³/mol. The van der Waals surface area contributed by atoms with Crippen LogP contribution in [0.3, 0.4) is 0 Å². The zero-order chi connectivity index (χ0) is 19.8. The van der Waals surface area contributed by atoms with Crippen LogP contribution in [0.1, 0.15) is 13.3 Å². The quantitative estimate of drug-likeness (QED) is 0.172. The Morgan fingerprint density at radius 2 is 1.58 bits per heavy atom. The van der Waals surface area contributed by atoms with Crippen molar-refractivity contribution in [2.24, 2.45) is 16.5 Å². The molecule has 2 aliphatic rings. The molecule has 0 spiro atoms. The summed E-state index contributed by atoms with van der Waals surface area (Å²) in [6.07, 6.45) is -11.7. The van der Waals surface area contributed by atoms with Gasteiger partial charge in [0.25, 0.3) is 0 Å². The molecule has 1 aliphatic carbocycles. The van der Waals surface area contributed by atoms with Crippen molar-refractivity contribution in [1.29, 1.82) is 0 Å². The van der Waals surface area contributed by atoms with Gasteiger partial charge in [-0.3, -0.25) is 4.99 Å². The molecule has 0 amide bonds. The molecule has 0 aromatic heterocycles. The van der Waals surface area contributed by atoms with Crippen LogP contribution in [0.5, 0.6) is 0 Å². The molecule has 1 saturated carbocycles. The summed E-state index contributed by atoms with van der Waals surface area (Å²) in [7, 11) is 0. The monoisotopic (exact) mass is 379 g/mol. The second kappa shape index (κ2) is 8.10. The number of nitrogens with zero attached hydrogens (tertiary/aromatic N) is 1. The number of hydrogen-bond acceptors (Lipinski definition) is 10. The number of amidine groups is 1. The number of rotatable bonds is 3. The molecular weight excluding hydrogens is 354 g/mol. The minimum absolute atomic E-state index is 0.145. The average molecular weight is 379 g/mol. The van der Waals surface area contributed by atoms with Crippen molar-refractivity contribution in [2.45, 2.75) is 74.4 Å². The maximum absolute atomic E-state index is 10.8. The van der Waals surface area contributed by atoms with Crippen molar-refractivity contribution in [2.75, 3.05) is 0 Å². The van der Waals surface area contributed by atoms with E-state index in [1.54, 1.807) is 6.92 Å². The first-order valence-electron chi connectivity index (χ1n) is 8.08. The zero-order valence-corrected chi connectivity index (χ0v) is 14.0. The molecule has 2 rings (SSSR count). The minimum atomic E-state index is -1.74. The Labute approximate surface area is 148 Å². The SMILES string of the molecule is CC1OC(OC2C(O)C(O)C(O)[C@H](O)[C@@H]2O)[C@@H](N)C[C@H]1N=C(N)C(=O)O. The normalized spacial score (nSPS) is 47.6. The molecule has 1 heterocycles. The van der Waals surface area contributed by atoms with Crippen LogP contribution in [0.25, 0.3) is 0 Å².